The number of benzene rings is 1. The predicted molar refractivity (Wildman–Crippen MR) is 78.5 cm³/mol. The normalized spacial score (nSPS) is 10.7. The first-order chi connectivity index (χ1) is 10.1. The molecule has 104 valence electrons. The standard InChI is InChI=1S/C16H12N2O3/c19-15-9-13(16(20)21)5-7-18(15)10-11-3-4-14-12(8-11)2-1-6-17-14/h1-9H,10H2,(H,20,21). The highest BCUT2D eigenvalue weighted by Crippen LogP contribution is 2.13. The second-order valence-electron chi connectivity index (χ2n) is 4.72. The zero-order valence-electron chi connectivity index (χ0n) is 11.1. The number of fused-ring (bicyclic) bond motifs is 1. The minimum Gasteiger partial charge on any atom is -0.478 e. The summed E-state index contributed by atoms with van der Waals surface area (Å²) in [5.74, 6) is -1.10. The summed E-state index contributed by atoms with van der Waals surface area (Å²) in [5.41, 5.74) is 1.52. The molecule has 3 aromatic rings. The topological polar surface area (TPSA) is 72.2 Å². The summed E-state index contributed by atoms with van der Waals surface area (Å²) in [5, 5.41) is 9.86. The van der Waals surface area contributed by atoms with E-state index >= 15 is 0 Å². The molecule has 21 heavy (non-hydrogen) atoms. The summed E-state index contributed by atoms with van der Waals surface area (Å²) in [4.78, 5) is 27.0. The van der Waals surface area contributed by atoms with Gasteiger partial charge in [0.2, 0.25) is 0 Å². The average molecular weight is 280 g/mol. The highest BCUT2D eigenvalue weighted by atomic mass is 16.4. The smallest absolute Gasteiger partial charge is 0.335 e. The average Bonchev–Trinajstić information content (AvgIpc) is 2.49. The maximum absolute atomic E-state index is 11.9. The molecule has 1 N–H and O–H groups in total. The number of hydrogen-bond donors (Lipinski definition) is 1. The lowest BCUT2D eigenvalue weighted by Gasteiger charge is -2.07. The Hall–Kier alpha value is -2.95. The lowest BCUT2D eigenvalue weighted by atomic mass is 10.1. The third-order valence-corrected chi connectivity index (χ3v) is 3.26. The van der Waals surface area contributed by atoms with Gasteiger partial charge in [0.25, 0.3) is 5.56 Å². The number of nitrogens with zero attached hydrogens (tertiary/aromatic N) is 2. The number of aromatic nitrogens is 2. The van der Waals surface area contributed by atoms with E-state index in [1.54, 1.807) is 6.20 Å². The third kappa shape index (κ3) is 2.67. The van der Waals surface area contributed by atoms with Crippen LogP contribution in [0.2, 0.25) is 0 Å². The van der Waals surface area contributed by atoms with Gasteiger partial charge in [0.05, 0.1) is 17.6 Å². The number of carboxylic acids is 1. The number of carbonyl (C=O) groups is 1. The first-order valence-electron chi connectivity index (χ1n) is 6.41. The molecule has 0 unspecified atom stereocenters. The van der Waals surface area contributed by atoms with Crippen LogP contribution in [0.1, 0.15) is 15.9 Å². The molecule has 0 radical (unpaired) electrons. The molecule has 0 fully saturated rings. The van der Waals surface area contributed by atoms with Crippen LogP contribution in [0.25, 0.3) is 10.9 Å². The van der Waals surface area contributed by atoms with Gasteiger partial charge in [0.15, 0.2) is 0 Å². The van der Waals surface area contributed by atoms with Gasteiger partial charge in [-0.3, -0.25) is 9.78 Å². The second kappa shape index (κ2) is 5.20. The van der Waals surface area contributed by atoms with Crippen molar-refractivity contribution in [3.8, 4) is 0 Å². The molecule has 0 aliphatic heterocycles. The van der Waals surface area contributed by atoms with Gasteiger partial charge in [0, 0.05) is 23.8 Å². The van der Waals surface area contributed by atoms with Crippen LogP contribution < -0.4 is 5.56 Å². The highest BCUT2D eigenvalue weighted by molar-refractivity contribution is 5.87. The fraction of sp³-hybridized carbons (Fsp3) is 0.0625. The first kappa shape index (κ1) is 13.1. The molecule has 1 aromatic carbocycles. The Balaban J connectivity index is 1.95. The SMILES string of the molecule is O=C(O)c1ccn(Cc2ccc3ncccc3c2)c(=O)c1. The fourth-order valence-corrected chi connectivity index (χ4v) is 2.19. The summed E-state index contributed by atoms with van der Waals surface area (Å²) >= 11 is 0. The Kier molecular flexibility index (Phi) is 3.23. The lowest BCUT2D eigenvalue weighted by molar-refractivity contribution is 0.0696. The van der Waals surface area contributed by atoms with Crippen LogP contribution in [0.4, 0.5) is 0 Å². The molecule has 5 heteroatoms. The van der Waals surface area contributed by atoms with Gasteiger partial charge in [-0.25, -0.2) is 4.79 Å². The minimum atomic E-state index is -1.10. The lowest BCUT2D eigenvalue weighted by Crippen LogP contribution is -2.20. The molecule has 0 amide bonds. The number of hydrogen-bond acceptors (Lipinski definition) is 3. The summed E-state index contributed by atoms with van der Waals surface area (Å²) in [6, 6.07) is 12.2. The van der Waals surface area contributed by atoms with Gasteiger partial charge in [-0.2, -0.15) is 0 Å². The maximum atomic E-state index is 11.9. The van der Waals surface area contributed by atoms with Crippen molar-refractivity contribution in [2.75, 3.05) is 0 Å². The molecule has 0 spiro atoms. The number of rotatable bonds is 3. The first-order valence-corrected chi connectivity index (χ1v) is 6.41. The minimum absolute atomic E-state index is 0.000962. The van der Waals surface area contributed by atoms with Gasteiger partial charge >= 0.3 is 5.97 Å². The van der Waals surface area contributed by atoms with E-state index in [9.17, 15) is 9.59 Å². The number of pyridine rings is 2. The van der Waals surface area contributed by atoms with E-state index in [1.807, 2.05) is 30.3 Å². The molecule has 2 aromatic heterocycles. The molecular formula is C16H12N2O3. The van der Waals surface area contributed by atoms with Crippen molar-refractivity contribution in [3.63, 3.8) is 0 Å². The number of aromatic carboxylic acids is 1. The summed E-state index contributed by atoms with van der Waals surface area (Å²) < 4.78 is 1.48. The van der Waals surface area contributed by atoms with Gasteiger partial charge in [-0.1, -0.05) is 12.1 Å². The van der Waals surface area contributed by atoms with Gasteiger partial charge in [-0.05, 0) is 29.8 Å². The van der Waals surface area contributed by atoms with Gasteiger partial charge in [0.1, 0.15) is 0 Å². The zero-order valence-corrected chi connectivity index (χ0v) is 11.1. The van der Waals surface area contributed by atoms with E-state index in [2.05, 4.69) is 4.98 Å². The summed E-state index contributed by atoms with van der Waals surface area (Å²) in [6.45, 7) is 0.392. The van der Waals surface area contributed by atoms with Crippen LogP contribution in [0, 0.1) is 0 Å². The molecule has 0 saturated heterocycles. The quantitative estimate of drug-likeness (QED) is 0.797. The summed E-state index contributed by atoms with van der Waals surface area (Å²) in [6.07, 6.45) is 3.23. The van der Waals surface area contributed by atoms with Gasteiger partial charge < -0.3 is 9.67 Å². The number of carboxylic acid groups (broad SMARTS) is 1. The van der Waals surface area contributed by atoms with E-state index < -0.39 is 5.97 Å². The van der Waals surface area contributed by atoms with E-state index in [4.69, 9.17) is 5.11 Å². The van der Waals surface area contributed by atoms with Crippen molar-refractivity contribution >= 4 is 16.9 Å². The molecule has 0 aliphatic rings. The Labute approximate surface area is 120 Å². The summed E-state index contributed by atoms with van der Waals surface area (Å²) in [7, 11) is 0. The third-order valence-electron chi connectivity index (χ3n) is 3.26. The van der Waals surface area contributed by atoms with E-state index in [1.165, 1.54) is 16.8 Å². The molecule has 0 saturated carbocycles. The second-order valence-corrected chi connectivity index (χ2v) is 4.72. The Morgan fingerprint density at radius 2 is 2.05 bits per heavy atom. The van der Waals surface area contributed by atoms with Crippen molar-refractivity contribution in [3.05, 3.63) is 76.3 Å². The monoisotopic (exact) mass is 280 g/mol. The van der Waals surface area contributed by atoms with Crippen LogP contribution in [0.3, 0.4) is 0 Å². The molecule has 0 aliphatic carbocycles. The molecule has 3 rings (SSSR count). The zero-order chi connectivity index (χ0) is 14.8. The van der Waals surface area contributed by atoms with Crippen molar-refractivity contribution in [1.29, 1.82) is 0 Å². The van der Waals surface area contributed by atoms with Crippen molar-refractivity contribution in [1.82, 2.24) is 9.55 Å². The van der Waals surface area contributed by atoms with Crippen LogP contribution in [-0.4, -0.2) is 20.6 Å². The van der Waals surface area contributed by atoms with Crippen molar-refractivity contribution in [2.24, 2.45) is 0 Å². The van der Waals surface area contributed by atoms with Gasteiger partial charge in [-0.15, -0.1) is 0 Å². The van der Waals surface area contributed by atoms with E-state index in [-0.39, 0.29) is 11.1 Å². The Morgan fingerprint density at radius 1 is 1.19 bits per heavy atom. The molecule has 0 atom stereocenters. The van der Waals surface area contributed by atoms with E-state index in [0.29, 0.717) is 6.54 Å². The largest absolute Gasteiger partial charge is 0.478 e. The van der Waals surface area contributed by atoms with E-state index in [0.717, 1.165) is 22.5 Å². The highest BCUT2D eigenvalue weighted by Gasteiger charge is 2.05. The molecule has 0 bridgehead atoms. The van der Waals surface area contributed by atoms with Crippen LogP contribution >= 0.6 is 0 Å². The molecular weight excluding hydrogens is 268 g/mol. The fourth-order valence-electron chi connectivity index (χ4n) is 2.19. The molecule has 2 heterocycles. The van der Waals surface area contributed by atoms with Crippen LogP contribution in [0.15, 0.2) is 59.7 Å². The van der Waals surface area contributed by atoms with Crippen molar-refractivity contribution < 1.29 is 9.90 Å². The Morgan fingerprint density at radius 3 is 2.81 bits per heavy atom. The molecule has 5 nitrogen and oxygen atoms in total. The Bertz CT molecular complexity index is 884. The maximum Gasteiger partial charge on any atom is 0.335 e. The van der Waals surface area contributed by atoms with Crippen LogP contribution in [-0.2, 0) is 6.54 Å². The van der Waals surface area contributed by atoms with Crippen molar-refractivity contribution in [2.45, 2.75) is 6.54 Å². The predicted octanol–water partition coefficient (Wildman–Crippen LogP) is 2.14. The van der Waals surface area contributed by atoms with Crippen LogP contribution in [0.5, 0.6) is 0 Å².